The predicted octanol–water partition coefficient (Wildman–Crippen LogP) is 5.79. The third-order valence-electron chi connectivity index (χ3n) is 6.67. The molecule has 5 rings (SSSR count). The van der Waals surface area contributed by atoms with Gasteiger partial charge in [-0.25, -0.2) is 0 Å². The zero-order valence-electron chi connectivity index (χ0n) is 20.8. The van der Waals surface area contributed by atoms with Crippen molar-refractivity contribution in [3.05, 3.63) is 96.6 Å². The summed E-state index contributed by atoms with van der Waals surface area (Å²) >= 11 is 5.77. The van der Waals surface area contributed by atoms with E-state index in [0.717, 1.165) is 27.7 Å². The van der Waals surface area contributed by atoms with Gasteiger partial charge >= 0.3 is 0 Å². The molecule has 1 aliphatic heterocycles. The van der Waals surface area contributed by atoms with Crippen LogP contribution in [0.3, 0.4) is 0 Å². The molecule has 1 saturated heterocycles. The van der Waals surface area contributed by atoms with Gasteiger partial charge in [0.05, 0.1) is 17.8 Å². The molecule has 0 saturated carbocycles. The van der Waals surface area contributed by atoms with Crippen LogP contribution >= 0.6 is 12.2 Å². The molecule has 0 radical (unpaired) electrons. The van der Waals surface area contributed by atoms with Crippen molar-refractivity contribution in [3.8, 4) is 0 Å². The number of pyridine rings is 1. The molecule has 2 atom stereocenters. The average Bonchev–Trinajstić information content (AvgIpc) is 3.48. The minimum Gasteiger partial charge on any atom is -0.352 e. The molecule has 0 aliphatic carbocycles. The Hall–Kier alpha value is -3.71. The summed E-state index contributed by atoms with van der Waals surface area (Å²) in [7, 11) is 0. The Kier molecular flexibility index (Phi) is 6.49. The molecule has 36 heavy (non-hydrogen) atoms. The fraction of sp³-hybridized carbons (Fsp3) is 0.276. The van der Waals surface area contributed by atoms with Crippen molar-refractivity contribution in [2.24, 2.45) is 0 Å². The van der Waals surface area contributed by atoms with Crippen LogP contribution < -0.4 is 10.6 Å². The molecule has 0 bridgehead atoms. The molecule has 3 heterocycles. The first-order chi connectivity index (χ1) is 17.3. The van der Waals surface area contributed by atoms with Gasteiger partial charge in [0.2, 0.25) is 5.91 Å². The molecule has 1 fully saturated rings. The molecule has 2 aromatic heterocycles. The number of thiocarbonyl (C=S) groups is 1. The van der Waals surface area contributed by atoms with E-state index in [1.165, 1.54) is 0 Å². The second-order valence-electron chi connectivity index (χ2n) is 10.2. The third kappa shape index (κ3) is 4.84. The van der Waals surface area contributed by atoms with Crippen molar-refractivity contribution in [2.75, 3.05) is 11.9 Å². The third-order valence-corrected chi connectivity index (χ3v) is 7.03. The van der Waals surface area contributed by atoms with Crippen molar-refractivity contribution in [1.82, 2.24) is 19.8 Å². The van der Waals surface area contributed by atoms with Crippen LogP contribution in [0, 0.1) is 0 Å². The number of amides is 1. The van der Waals surface area contributed by atoms with Crippen LogP contribution in [0.1, 0.15) is 50.5 Å². The normalized spacial score (nSPS) is 17.9. The first kappa shape index (κ1) is 24.0. The lowest BCUT2D eigenvalue weighted by Gasteiger charge is -2.27. The summed E-state index contributed by atoms with van der Waals surface area (Å²) < 4.78 is 2.21. The second kappa shape index (κ2) is 9.74. The van der Waals surface area contributed by atoms with Crippen molar-refractivity contribution in [1.29, 1.82) is 0 Å². The zero-order chi connectivity index (χ0) is 25.3. The predicted molar refractivity (Wildman–Crippen MR) is 149 cm³/mol. The molecular formula is C29H31N5OS. The first-order valence-corrected chi connectivity index (χ1v) is 12.7. The van der Waals surface area contributed by atoms with Gasteiger partial charge in [0.15, 0.2) is 5.11 Å². The minimum absolute atomic E-state index is 0.0333. The van der Waals surface area contributed by atoms with Crippen molar-refractivity contribution in [3.63, 3.8) is 0 Å². The number of anilines is 1. The van der Waals surface area contributed by atoms with Crippen LogP contribution in [-0.4, -0.2) is 32.0 Å². The van der Waals surface area contributed by atoms with Crippen LogP contribution in [0.5, 0.6) is 0 Å². The van der Waals surface area contributed by atoms with E-state index in [1.54, 1.807) is 6.20 Å². The maximum absolute atomic E-state index is 13.0. The molecule has 7 heteroatoms. The smallest absolute Gasteiger partial charge is 0.226 e. The number of benzene rings is 2. The van der Waals surface area contributed by atoms with E-state index in [-0.39, 0.29) is 23.5 Å². The van der Waals surface area contributed by atoms with Gasteiger partial charge in [-0.05, 0) is 68.2 Å². The highest BCUT2D eigenvalue weighted by Crippen LogP contribution is 2.39. The summed E-state index contributed by atoms with van der Waals surface area (Å²) in [5, 5.41) is 9.33. The molecular weight excluding hydrogens is 466 g/mol. The van der Waals surface area contributed by atoms with Crippen molar-refractivity contribution in [2.45, 2.75) is 44.8 Å². The lowest BCUT2D eigenvalue weighted by molar-refractivity contribution is -0.116. The molecule has 0 unspecified atom stereocenters. The van der Waals surface area contributed by atoms with Crippen molar-refractivity contribution >= 4 is 39.7 Å². The summed E-state index contributed by atoms with van der Waals surface area (Å²) in [5.41, 5.74) is 2.86. The Morgan fingerprint density at radius 3 is 2.58 bits per heavy atom. The lowest BCUT2D eigenvalue weighted by atomic mass is 9.99. The van der Waals surface area contributed by atoms with E-state index in [2.05, 4.69) is 64.3 Å². The zero-order valence-corrected chi connectivity index (χ0v) is 21.6. The lowest BCUT2D eigenvalue weighted by Crippen LogP contribution is -2.32. The maximum atomic E-state index is 13.0. The highest BCUT2D eigenvalue weighted by Gasteiger charge is 2.40. The minimum atomic E-state index is -0.101. The van der Waals surface area contributed by atoms with Crippen LogP contribution in [0.2, 0.25) is 0 Å². The topological polar surface area (TPSA) is 62.2 Å². The number of carbonyl (C=O) groups is 1. The molecule has 2 aromatic carbocycles. The molecule has 2 N–H and O–H groups in total. The van der Waals surface area contributed by atoms with Crippen LogP contribution in [0.4, 0.5) is 5.69 Å². The Morgan fingerprint density at radius 2 is 1.83 bits per heavy atom. The number of rotatable bonds is 6. The van der Waals surface area contributed by atoms with Crippen molar-refractivity contribution < 1.29 is 4.79 Å². The summed E-state index contributed by atoms with van der Waals surface area (Å²) in [6.45, 7) is 7.04. The molecule has 184 valence electrons. The maximum Gasteiger partial charge on any atom is 0.226 e. The van der Waals surface area contributed by atoms with Gasteiger partial charge in [-0.2, -0.15) is 0 Å². The molecule has 4 aromatic rings. The van der Waals surface area contributed by atoms with Gasteiger partial charge in [0.25, 0.3) is 0 Å². The van der Waals surface area contributed by atoms with Crippen LogP contribution in [0.25, 0.3) is 10.8 Å². The van der Waals surface area contributed by atoms with E-state index in [1.807, 2.05) is 60.7 Å². The highest BCUT2D eigenvalue weighted by molar-refractivity contribution is 7.80. The number of carbonyl (C=O) groups excluding carboxylic acids is 1. The fourth-order valence-electron chi connectivity index (χ4n) is 4.78. The number of nitrogens with zero attached hydrogens (tertiary/aromatic N) is 3. The standard InChI is InChI=1S/C29H31N5OS/c1-29(2,3)33-17-14-21(19-33)27-26(24-12-6-7-16-30-24)32-28(36)34(27)18-15-25(35)31-23-13-8-10-20-9-4-5-11-22(20)23/h4-14,16-17,19,26-27H,15,18H2,1-3H3,(H,31,35)(H,32,36)/t26-,27-/m1/s1. The molecule has 1 amide bonds. The van der Waals surface area contributed by atoms with Gasteiger partial charge in [0, 0.05) is 48.2 Å². The summed E-state index contributed by atoms with van der Waals surface area (Å²) in [5.74, 6) is -0.0403. The number of hydrogen-bond acceptors (Lipinski definition) is 3. The van der Waals surface area contributed by atoms with E-state index < -0.39 is 0 Å². The molecule has 0 spiro atoms. The van der Waals surface area contributed by atoms with E-state index in [4.69, 9.17) is 12.2 Å². The Labute approximate surface area is 217 Å². The number of fused-ring (bicyclic) bond motifs is 1. The van der Waals surface area contributed by atoms with Gasteiger partial charge < -0.3 is 20.1 Å². The number of hydrogen-bond donors (Lipinski definition) is 2. The Bertz CT molecular complexity index is 1390. The Morgan fingerprint density at radius 1 is 1.06 bits per heavy atom. The SMILES string of the molecule is CC(C)(C)n1ccc([C@@H]2[C@@H](c3ccccn3)NC(=S)N2CCC(=O)Nc2cccc3ccccc23)c1. The summed E-state index contributed by atoms with van der Waals surface area (Å²) in [6, 6.07) is 21.9. The number of nitrogens with one attached hydrogen (secondary N) is 2. The summed E-state index contributed by atoms with van der Waals surface area (Å²) in [6.07, 6.45) is 6.41. The van der Waals surface area contributed by atoms with Gasteiger partial charge in [-0.15, -0.1) is 0 Å². The molecule has 1 aliphatic rings. The van der Waals surface area contributed by atoms with Crippen LogP contribution in [-0.2, 0) is 10.3 Å². The largest absolute Gasteiger partial charge is 0.352 e. The van der Waals surface area contributed by atoms with Crippen LogP contribution in [0.15, 0.2) is 85.3 Å². The van der Waals surface area contributed by atoms with Gasteiger partial charge in [0.1, 0.15) is 0 Å². The Balaban J connectivity index is 1.38. The number of aromatic nitrogens is 2. The van der Waals surface area contributed by atoms with E-state index >= 15 is 0 Å². The monoisotopic (exact) mass is 497 g/mol. The second-order valence-corrected chi connectivity index (χ2v) is 10.6. The highest BCUT2D eigenvalue weighted by atomic mass is 32.1. The van der Waals surface area contributed by atoms with Gasteiger partial charge in [-0.1, -0.05) is 42.5 Å². The molecule has 6 nitrogen and oxygen atoms in total. The summed E-state index contributed by atoms with van der Waals surface area (Å²) in [4.78, 5) is 19.8. The van der Waals surface area contributed by atoms with E-state index in [9.17, 15) is 4.79 Å². The first-order valence-electron chi connectivity index (χ1n) is 12.3. The average molecular weight is 498 g/mol. The van der Waals surface area contributed by atoms with E-state index in [0.29, 0.717) is 18.1 Å². The quantitative estimate of drug-likeness (QED) is 0.330. The van der Waals surface area contributed by atoms with Gasteiger partial charge in [-0.3, -0.25) is 9.78 Å². The fourth-order valence-corrected chi connectivity index (χ4v) is 5.12.